The van der Waals surface area contributed by atoms with Crippen molar-refractivity contribution in [2.45, 2.75) is 26.9 Å². The number of aryl methyl sites for hydroxylation is 2. The average molecular weight is 372 g/mol. The van der Waals surface area contributed by atoms with Gasteiger partial charge in [-0.25, -0.2) is 0 Å². The summed E-state index contributed by atoms with van der Waals surface area (Å²) in [7, 11) is 0. The molecule has 0 saturated carbocycles. The van der Waals surface area contributed by atoms with E-state index in [0.29, 0.717) is 6.61 Å². The molecule has 4 heteroatoms. The lowest BCUT2D eigenvalue weighted by molar-refractivity contribution is 0.0993. The van der Waals surface area contributed by atoms with Gasteiger partial charge in [-0.1, -0.05) is 35.9 Å². The summed E-state index contributed by atoms with van der Waals surface area (Å²) in [5.41, 5.74) is 5.96. The number of fused-ring (bicyclic) bond motifs is 1. The summed E-state index contributed by atoms with van der Waals surface area (Å²) in [5, 5.41) is 3.59. The number of hydrogen-bond donors (Lipinski definition) is 1. The third-order valence-electron chi connectivity index (χ3n) is 5.06. The number of nitrogens with one attached hydrogen (secondary N) is 1. The summed E-state index contributed by atoms with van der Waals surface area (Å²) in [5.74, 6) is 0.802. The first-order chi connectivity index (χ1) is 13.6. The summed E-state index contributed by atoms with van der Waals surface area (Å²) in [6.45, 7) is 6.74. The average Bonchev–Trinajstić information content (AvgIpc) is 2.97. The van der Waals surface area contributed by atoms with Crippen LogP contribution in [-0.4, -0.2) is 12.5 Å². The minimum Gasteiger partial charge on any atom is -0.494 e. The van der Waals surface area contributed by atoms with Gasteiger partial charge in [0.25, 0.3) is 5.91 Å². The number of rotatable bonds is 5. The monoisotopic (exact) mass is 372 g/mol. The Kier molecular flexibility index (Phi) is 4.78. The summed E-state index contributed by atoms with van der Waals surface area (Å²) in [6.07, 6.45) is -0.261. The van der Waals surface area contributed by atoms with E-state index < -0.39 is 0 Å². The second-order valence-corrected chi connectivity index (χ2v) is 7.05. The Balaban J connectivity index is 1.74. The van der Waals surface area contributed by atoms with Crippen LogP contribution >= 0.6 is 0 Å². The minimum absolute atomic E-state index is 0.00187. The first kappa shape index (κ1) is 18.1. The molecular formula is C24H24N2O2. The molecule has 0 radical (unpaired) electrons. The molecule has 1 N–H and O–H groups in total. The lowest BCUT2D eigenvalue weighted by atomic mass is 10.1. The maximum absolute atomic E-state index is 13.2. The number of amides is 1. The highest BCUT2D eigenvalue weighted by molar-refractivity contribution is 6.11. The zero-order chi connectivity index (χ0) is 19.7. The number of nitrogens with zero attached hydrogens (tertiary/aromatic N) is 1. The molecule has 0 fully saturated rings. The Labute approximate surface area is 165 Å². The van der Waals surface area contributed by atoms with Crippen molar-refractivity contribution in [1.82, 2.24) is 0 Å². The molecule has 142 valence electrons. The van der Waals surface area contributed by atoms with E-state index in [1.54, 1.807) is 0 Å². The van der Waals surface area contributed by atoms with Crippen LogP contribution in [0.3, 0.4) is 0 Å². The van der Waals surface area contributed by atoms with E-state index in [1.165, 1.54) is 5.56 Å². The van der Waals surface area contributed by atoms with Crippen molar-refractivity contribution >= 4 is 17.3 Å². The first-order valence-electron chi connectivity index (χ1n) is 9.57. The molecule has 4 nitrogen and oxygen atoms in total. The second-order valence-electron chi connectivity index (χ2n) is 7.05. The molecule has 3 aromatic rings. The standard InChI is InChI=1S/C24H24N2O2/c1-4-28-19-12-10-18(11-13-19)26-23(20-7-5-6-8-21(20)24(26)27)25-22-14-9-16(2)15-17(22)3/h5-15,23,25H,4H2,1-3H3/t23-/m1/s1. The minimum atomic E-state index is -0.261. The van der Waals surface area contributed by atoms with Crippen LogP contribution in [0.15, 0.2) is 66.7 Å². The summed E-state index contributed by atoms with van der Waals surface area (Å²) in [6, 6.07) is 21.8. The molecule has 0 aliphatic carbocycles. The van der Waals surface area contributed by atoms with E-state index in [2.05, 4.69) is 37.4 Å². The van der Waals surface area contributed by atoms with E-state index in [-0.39, 0.29) is 12.1 Å². The number of benzene rings is 3. The molecule has 1 atom stereocenters. The molecule has 0 spiro atoms. The molecule has 1 aliphatic heterocycles. The number of carbonyl (C=O) groups excluding carboxylic acids is 1. The maximum atomic E-state index is 13.2. The Bertz CT molecular complexity index is 1010. The third kappa shape index (κ3) is 3.22. The van der Waals surface area contributed by atoms with Crippen molar-refractivity contribution in [1.29, 1.82) is 0 Å². The number of ether oxygens (including phenoxy) is 1. The van der Waals surface area contributed by atoms with Crippen LogP contribution in [0.1, 0.15) is 40.1 Å². The predicted octanol–water partition coefficient (Wildman–Crippen LogP) is 5.47. The Hall–Kier alpha value is -3.27. The van der Waals surface area contributed by atoms with E-state index in [4.69, 9.17) is 4.74 Å². The largest absolute Gasteiger partial charge is 0.494 e. The molecule has 4 rings (SSSR count). The highest BCUT2D eigenvalue weighted by atomic mass is 16.5. The van der Waals surface area contributed by atoms with Crippen molar-refractivity contribution in [2.24, 2.45) is 0 Å². The van der Waals surface area contributed by atoms with Gasteiger partial charge in [-0.15, -0.1) is 0 Å². The van der Waals surface area contributed by atoms with E-state index in [0.717, 1.165) is 33.8 Å². The molecule has 1 heterocycles. The van der Waals surface area contributed by atoms with Gasteiger partial charge in [0.1, 0.15) is 11.9 Å². The molecule has 0 aromatic heterocycles. The van der Waals surface area contributed by atoms with Crippen LogP contribution in [0.25, 0.3) is 0 Å². The lowest BCUT2D eigenvalue weighted by Crippen LogP contribution is -2.32. The number of anilines is 2. The van der Waals surface area contributed by atoms with Gasteiger partial charge in [0.05, 0.1) is 6.61 Å². The van der Waals surface area contributed by atoms with Gasteiger partial charge in [-0.05, 0) is 62.7 Å². The van der Waals surface area contributed by atoms with E-state index in [9.17, 15) is 4.79 Å². The highest BCUT2D eigenvalue weighted by Crippen LogP contribution is 2.39. The van der Waals surface area contributed by atoms with Crippen LogP contribution < -0.4 is 15.0 Å². The molecule has 0 unspecified atom stereocenters. The molecular weight excluding hydrogens is 348 g/mol. The van der Waals surface area contributed by atoms with Gasteiger partial charge in [0, 0.05) is 22.5 Å². The molecule has 1 amide bonds. The van der Waals surface area contributed by atoms with Gasteiger partial charge in [0.2, 0.25) is 0 Å². The summed E-state index contributed by atoms with van der Waals surface area (Å²) < 4.78 is 5.54. The summed E-state index contributed by atoms with van der Waals surface area (Å²) in [4.78, 5) is 15.0. The SMILES string of the molecule is CCOc1ccc(N2C(=O)c3ccccc3[C@@H]2Nc2ccc(C)cc2C)cc1. The van der Waals surface area contributed by atoms with Crippen LogP contribution in [0.5, 0.6) is 5.75 Å². The van der Waals surface area contributed by atoms with Crippen molar-refractivity contribution in [3.8, 4) is 5.75 Å². The van der Waals surface area contributed by atoms with Gasteiger partial charge in [-0.2, -0.15) is 0 Å². The number of carbonyl (C=O) groups is 1. The molecule has 0 saturated heterocycles. The normalized spacial score (nSPS) is 15.5. The third-order valence-corrected chi connectivity index (χ3v) is 5.06. The van der Waals surface area contributed by atoms with Crippen LogP contribution in [0.4, 0.5) is 11.4 Å². The van der Waals surface area contributed by atoms with Crippen molar-refractivity contribution in [3.63, 3.8) is 0 Å². The Morgan fingerprint density at radius 3 is 2.46 bits per heavy atom. The van der Waals surface area contributed by atoms with Crippen LogP contribution in [0.2, 0.25) is 0 Å². The smallest absolute Gasteiger partial charge is 0.260 e. The van der Waals surface area contributed by atoms with Crippen molar-refractivity contribution in [2.75, 3.05) is 16.8 Å². The van der Waals surface area contributed by atoms with E-state index >= 15 is 0 Å². The van der Waals surface area contributed by atoms with Gasteiger partial charge >= 0.3 is 0 Å². The second kappa shape index (κ2) is 7.39. The van der Waals surface area contributed by atoms with Crippen molar-refractivity contribution in [3.05, 3.63) is 89.0 Å². The molecule has 28 heavy (non-hydrogen) atoms. The molecule has 3 aromatic carbocycles. The van der Waals surface area contributed by atoms with E-state index in [1.807, 2.05) is 60.4 Å². The van der Waals surface area contributed by atoms with Gasteiger partial charge in [0.15, 0.2) is 0 Å². The lowest BCUT2D eigenvalue weighted by Gasteiger charge is -2.28. The van der Waals surface area contributed by atoms with Gasteiger partial charge in [-0.3, -0.25) is 9.69 Å². The molecule has 0 bridgehead atoms. The van der Waals surface area contributed by atoms with Crippen LogP contribution in [-0.2, 0) is 0 Å². The fourth-order valence-corrected chi connectivity index (χ4v) is 3.72. The fraction of sp³-hybridized carbons (Fsp3) is 0.208. The zero-order valence-electron chi connectivity index (χ0n) is 16.4. The number of hydrogen-bond acceptors (Lipinski definition) is 3. The zero-order valence-corrected chi connectivity index (χ0v) is 16.4. The summed E-state index contributed by atoms with van der Waals surface area (Å²) >= 11 is 0. The maximum Gasteiger partial charge on any atom is 0.260 e. The molecule has 1 aliphatic rings. The fourth-order valence-electron chi connectivity index (χ4n) is 3.72. The Morgan fingerprint density at radius 1 is 1.00 bits per heavy atom. The van der Waals surface area contributed by atoms with Crippen molar-refractivity contribution < 1.29 is 9.53 Å². The van der Waals surface area contributed by atoms with Crippen LogP contribution in [0, 0.1) is 13.8 Å². The van der Waals surface area contributed by atoms with Gasteiger partial charge < -0.3 is 10.1 Å². The topological polar surface area (TPSA) is 41.6 Å². The predicted molar refractivity (Wildman–Crippen MR) is 113 cm³/mol. The highest BCUT2D eigenvalue weighted by Gasteiger charge is 2.37. The Morgan fingerprint density at radius 2 is 1.75 bits per heavy atom. The first-order valence-corrected chi connectivity index (χ1v) is 9.57. The quantitative estimate of drug-likeness (QED) is 0.645.